The van der Waals surface area contributed by atoms with E-state index in [0.29, 0.717) is 0 Å². The molecule has 3 heterocycles. The van der Waals surface area contributed by atoms with Crippen LogP contribution < -0.4 is 0 Å². The minimum Gasteiger partial charge on any atom is -0.266 e. The van der Waals surface area contributed by atoms with Crippen LogP contribution in [0.2, 0.25) is 0 Å². The lowest BCUT2D eigenvalue weighted by molar-refractivity contribution is -0.286. The topological polar surface area (TPSA) is 15.7 Å². The van der Waals surface area contributed by atoms with Crippen LogP contribution in [-0.2, 0) is 4.84 Å². The van der Waals surface area contributed by atoms with E-state index in [1.165, 1.54) is 0 Å². The zero-order valence-corrected chi connectivity index (χ0v) is 9.72. The second-order valence-electron chi connectivity index (χ2n) is 4.39. The van der Waals surface area contributed by atoms with Crippen LogP contribution in [-0.4, -0.2) is 42.4 Å². The minimum absolute atomic E-state index is 0.0723. The van der Waals surface area contributed by atoms with Gasteiger partial charge in [0.15, 0.2) is 6.23 Å². The van der Waals surface area contributed by atoms with Crippen LogP contribution in [0.25, 0.3) is 0 Å². The van der Waals surface area contributed by atoms with Gasteiger partial charge < -0.3 is 0 Å². The number of rotatable bonds is 0. The summed E-state index contributed by atoms with van der Waals surface area (Å²) >= 11 is 0. The van der Waals surface area contributed by atoms with Gasteiger partial charge >= 0.3 is 0 Å². The third-order valence-electron chi connectivity index (χ3n) is 3.15. The lowest BCUT2D eigenvalue weighted by Crippen LogP contribution is -2.59. The molecule has 3 saturated heterocycles. The van der Waals surface area contributed by atoms with Gasteiger partial charge in [0.25, 0.3) is 0 Å². The SMILES string of the molecule is [CH2]c1ccc(C#CC2ON3CCN2CC3)cc1. The van der Waals surface area contributed by atoms with E-state index < -0.39 is 0 Å². The van der Waals surface area contributed by atoms with E-state index in [-0.39, 0.29) is 6.23 Å². The quantitative estimate of drug-likeness (QED) is 0.617. The molecule has 0 aromatic heterocycles. The first-order valence-electron chi connectivity index (χ1n) is 5.90. The number of nitrogens with zero attached hydrogens (tertiary/aromatic N) is 2. The van der Waals surface area contributed by atoms with Gasteiger partial charge in [-0.25, -0.2) is 0 Å². The molecule has 0 N–H and O–H groups in total. The first-order valence-corrected chi connectivity index (χ1v) is 5.90. The number of hydroxylamine groups is 2. The lowest BCUT2D eigenvalue weighted by atomic mass is 10.1. The van der Waals surface area contributed by atoms with E-state index in [4.69, 9.17) is 4.84 Å². The van der Waals surface area contributed by atoms with E-state index in [2.05, 4.69) is 23.7 Å². The second kappa shape index (κ2) is 4.50. The summed E-state index contributed by atoms with van der Waals surface area (Å²) in [7, 11) is 0. The zero-order chi connectivity index (χ0) is 11.7. The first kappa shape index (κ1) is 10.8. The third kappa shape index (κ3) is 2.34. The van der Waals surface area contributed by atoms with Crippen molar-refractivity contribution in [3.8, 4) is 11.8 Å². The maximum absolute atomic E-state index is 5.70. The van der Waals surface area contributed by atoms with Crippen LogP contribution in [0.5, 0.6) is 0 Å². The Bertz CT molecular complexity index is 449. The molecular weight excluding hydrogens is 212 g/mol. The molecule has 0 saturated carbocycles. The molecule has 4 rings (SSSR count). The Kier molecular flexibility index (Phi) is 2.86. The van der Waals surface area contributed by atoms with Crippen molar-refractivity contribution in [2.24, 2.45) is 0 Å². The van der Waals surface area contributed by atoms with E-state index in [1.54, 1.807) is 0 Å². The Balaban J connectivity index is 1.73. The van der Waals surface area contributed by atoms with Gasteiger partial charge in [0, 0.05) is 31.7 Å². The van der Waals surface area contributed by atoms with Crippen molar-refractivity contribution in [1.29, 1.82) is 0 Å². The molecule has 3 aliphatic heterocycles. The van der Waals surface area contributed by atoms with Gasteiger partial charge in [-0.3, -0.25) is 9.74 Å². The molecule has 1 unspecified atom stereocenters. The van der Waals surface area contributed by atoms with Gasteiger partial charge in [-0.15, -0.1) is 0 Å². The van der Waals surface area contributed by atoms with E-state index in [9.17, 15) is 0 Å². The van der Waals surface area contributed by atoms with Crippen LogP contribution in [0.4, 0.5) is 0 Å². The molecule has 0 spiro atoms. The number of hydrogen-bond acceptors (Lipinski definition) is 3. The molecule has 1 aromatic carbocycles. The predicted octanol–water partition coefficient (Wildman–Crippen LogP) is 1.11. The Morgan fingerprint density at radius 2 is 1.82 bits per heavy atom. The molecular formula is C14H15N2O. The summed E-state index contributed by atoms with van der Waals surface area (Å²) in [5, 5.41) is 2.01. The number of hydrogen-bond donors (Lipinski definition) is 0. The fourth-order valence-corrected chi connectivity index (χ4v) is 2.10. The van der Waals surface area contributed by atoms with Gasteiger partial charge in [0.1, 0.15) is 0 Å². The van der Waals surface area contributed by atoms with Crippen LogP contribution >= 0.6 is 0 Å². The summed E-state index contributed by atoms with van der Waals surface area (Å²) in [6.07, 6.45) is -0.0723. The Hall–Kier alpha value is -1.34. The number of fused-ring (bicyclic) bond motifs is 3. The van der Waals surface area contributed by atoms with E-state index in [0.717, 1.165) is 37.3 Å². The molecule has 1 aromatic rings. The minimum atomic E-state index is -0.0723. The maximum atomic E-state index is 5.70. The van der Waals surface area contributed by atoms with E-state index in [1.807, 2.05) is 29.3 Å². The second-order valence-corrected chi connectivity index (χ2v) is 4.39. The normalized spacial score (nSPS) is 30.8. The standard InChI is InChI=1S/C14H15N2O/c1-12-2-4-13(5-3-12)6-7-14-15-8-10-16(17-14)11-9-15/h2-5,14H,1,8-11H2. The van der Waals surface area contributed by atoms with E-state index >= 15 is 0 Å². The molecule has 0 amide bonds. The van der Waals surface area contributed by atoms with Gasteiger partial charge in [-0.2, -0.15) is 5.06 Å². The summed E-state index contributed by atoms with van der Waals surface area (Å²) in [6.45, 7) is 7.95. The molecule has 1 radical (unpaired) electrons. The van der Waals surface area contributed by atoms with Crippen molar-refractivity contribution in [3.05, 3.63) is 42.3 Å². The monoisotopic (exact) mass is 227 g/mol. The summed E-state index contributed by atoms with van der Waals surface area (Å²) < 4.78 is 0. The van der Waals surface area contributed by atoms with Gasteiger partial charge in [-0.1, -0.05) is 18.1 Å². The zero-order valence-electron chi connectivity index (χ0n) is 9.72. The third-order valence-corrected chi connectivity index (χ3v) is 3.15. The molecule has 3 heteroatoms. The van der Waals surface area contributed by atoms with Crippen molar-refractivity contribution in [3.63, 3.8) is 0 Å². The van der Waals surface area contributed by atoms with Crippen molar-refractivity contribution in [2.75, 3.05) is 26.2 Å². The van der Waals surface area contributed by atoms with Crippen LogP contribution in [0.3, 0.4) is 0 Å². The van der Waals surface area contributed by atoms with Gasteiger partial charge in [0.05, 0.1) is 0 Å². The summed E-state index contributed by atoms with van der Waals surface area (Å²) in [5.41, 5.74) is 2.03. The van der Waals surface area contributed by atoms with Gasteiger partial charge in [-0.05, 0) is 30.5 Å². The van der Waals surface area contributed by atoms with Crippen LogP contribution in [0, 0.1) is 18.8 Å². The van der Waals surface area contributed by atoms with Crippen LogP contribution in [0.15, 0.2) is 24.3 Å². The molecule has 0 aliphatic carbocycles. The number of piperazine rings is 1. The first-order chi connectivity index (χ1) is 8.31. The highest BCUT2D eigenvalue weighted by molar-refractivity contribution is 5.37. The van der Waals surface area contributed by atoms with Gasteiger partial charge in [0.2, 0.25) is 0 Å². The molecule has 3 nitrogen and oxygen atoms in total. The van der Waals surface area contributed by atoms with Crippen molar-refractivity contribution < 1.29 is 4.84 Å². The molecule has 3 fully saturated rings. The summed E-state index contributed by atoms with van der Waals surface area (Å²) in [5.74, 6) is 6.34. The highest BCUT2D eigenvalue weighted by Crippen LogP contribution is 2.16. The molecule has 3 aliphatic rings. The smallest absolute Gasteiger partial charge is 0.194 e. The number of benzene rings is 1. The lowest BCUT2D eigenvalue weighted by Gasteiger charge is -2.44. The van der Waals surface area contributed by atoms with Crippen molar-refractivity contribution in [2.45, 2.75) is 6.23 Å². The Morgan fingerprint density at radius 1 is 1.12 bits per heavy atom. The van der Waals surface area contributed by atoms with Crippen molar-refractivity contribution >= 4 is 0 Å². The van der Waals surface area contributed by atoms with Crippen molar-refractivity contribution in [1.82, 2.24) is 9.96 Å². The van der Waals surface area contributed by atoms with Crippen LogP contribution in [0.1, 0.15) is 11.1 Å². The predicted molar refractivity (Wildman–Crippen MR) is 65.8 cm³/mol. The Morgan fingerprint density at radius 3 is 2.41 bits per heavy atom. The highest BCUT2D eigenvalue weighted by atomic mass is 16.7. The molecule has 1 atom stereocenters. The average Bonchev–Trinajstić information content (AvgIpc) is 2.39. The molecule has 87 valence electrons. The molecule has 2 bridgehead atoms. The fraction of sp³-hybridized carbons (Fsp3) is 0.357. The average molecular weight is 227 g/mol. The maximum Gasteiger partial charge on any atom is 0.194 e. The fourth-order valence-electron chi connectivity index (χ4n) is 2.10. The largest absolute Gasteiger partial charge is 0.266 e. The Labute approximate surface area is 102 Å². The molecule has 17 heavy (non-hydrogen) atoms. The highest BCUT2D eigenvalue weighted by Gasteiger charge is 2.31. The summed E-state index contributed by atoms with van der Waals surface area (Å²) in [6, 6.07) is 7.93. The summed E-state index contributed by atoms with van der Waals surface area (Å²) in [4.78, 5) is 7.98.